The van der Waals surface area contributed by atoms with Crippen molar-refractivity contribution in [2.24, 2.45) is 5.73 Å². The number of nitrogens with one attached hydrogen (secondary N) is 1. The molecule has 0 aromatic heterocycles. The Hall–Kier alpha value is -1.61. The van der Waals surface area contributed by atoms with Gasteiger partial charge in [0.2, 0.25) is 0 Å². The summed E-state index contributed by atoms with van der Waals surface area (Å²) in [4.78, 5) is 4.94. The Labute approximate surface area is 86.8 Å². The molecule has 14 heavy (non-hydrogen) atoms. The maximum absolute atomic E-state index is 6.01. The second-order valence-corrected chi connectivity index (χ2v) is 3.23. The minimum Gasteiger partial charge on any atom is -0.395 e. The van der Waals surface area contributed by atoms with Crippen molar-refractivity contribution in [1.29, 1.82) is 0 Å². The van der Waals surface area contributed by atoms with Gasteiger partial charge in [-0.1, -0.05) is 41.9 Å². The Kier molecular flexibility index (Phi) is 2.33. The van der Waals surface area contributed by atoms with Crippen molar-refractivity contribution in [2.75, 3.05) is 0 Å². The van der Waals surface area contributed by atoms with E-state index < -0.39 is 0 Å². The first-order chi connectivity index (χ1) is 6.79. The number of halogens is 1. The topological polar surface area (TPSA) is 47.3 Å². The van der Waals surface area contributed by atoms with E-state index in [-0.39, 0.29) is 0 Å². The summed E-state index contributed by atoms with van der Waals surface area (Å²) >= 11 is 6.01. The summed E-state index contributed by atoms with van der Waals surface area (Å²) in [6.07, 6.45) is 1.37. The minimum atomic E-state index is 0.421. The van der Waals surface area contributed by atoms with Crippen LogP contribution in [0.2, 0.25) is 0 Å². The molecular formula is C10H9ClN2O. The molecule has 0 fully saturated rings. The first-order valence-corrected chi connectivity index (χ1v) is 4.49. The van der Waals surface area contributed by atoms with Crippen LogP contribution in [0.25, 0.3) is 5.70 Å². The Bertz CT molecular complexity index is 398. The molecule has 0 aliphatic carbocycles. The van der Waals surface area contributed by atoms with Crippen molar-refractivity contribution < 1.29 is 4.84 Å². The van der Waals surface area contributed by atoms with Crippen LogP contribution in [0, 0.1) is 0 Å². The standard InChI is InChI=1S/C10H9ClN2O/c11-9-8(12)6-14-13-10(9)7-4-2-1-3-5-7/h1-6,13H,12H2. The molecule has 3 nitrogen and oxygen atoms in total. The lowest BCUT2D eigenvalue weighted by Crippen LogP contribution is -2.18. The summed E-state index contributed by atoms with van der Waals surface area (Å²) in [6.45, 7) is 0. The monoisotopic (exact) mass is 208 g/mol. The molecule has 0 saturated heterocycles. The molecule has 1 aliphatic rings. The van der Waals surface area contributed by atoms with Gasteiger partial charge >= 0.3 is 0 Å². The molecule has 0 atom stereocenters. The fourth-order valence-corrected chi connectivity index (χ4v) is 1.38. The highest BCUT2D eigenvalue weighted by Crippen LogP contribution is 2.25. The van der Waals surface area contributed by atoms with Crippen LogP contribution >= 0.6 is 11.6 Å². The predicted molar refractivity (Wildman–Crippen MR) is 55.7 cm³/mol. The summed E-state index contributed by atoms with van der Waals surface area (Å²) < 4.78 is 0. The molecule has 1 aromatic carbocycles. The average Bonchev–Trinajstić information content (AvgIpc) is 2.23. The van der Waals surface area contributed by atoms with Crippen LogP contribution < -0.4 is 11.2 Å². The number of nitrogens with two attached hydrogens (primary N) is 1. The lowest BCUT2D eigenvalue weighted by Gasteiger charge is -2.17. The van der Waals surface area contributed by atoms with Gasteiger partial charge in [-0.2, -0.15) is 0 Å². The number of hydroxylamine groups is 1. The number of hydrogen-bond acceptors (Lipinski definition) is 3. The third kappa shape index (κ3) is 1.54. The molecule has 0 spiro atoms. The summed E-state index contributed by atoms with van der Waals surface area (Å²) in [5.41, 5.74) is 10.4. The van der Waals surface area contributed by atoms with Crippen molar-refractivity contribution in [3.63, 3.8) is 0 Å². The van der Waals surface area contributed by atoms with Crippen molar-refractivity contribution in [3.8, 4) is 0 Å². The molecule has 1 heterocycles. The highest BCUT2D eigenvalue weighted by atomic mass is 35.5. The SMILES string of the molecule is NC1=CONC(c2ccccc2)=C1Cl. The minimum absolute atomic E-state index is 0.421. The Morgan fingerprint density at radius 3 is 2.64 bits per heavy atom. The first-order valence-electron chi connectivity index (χ1n) is 4.12. The molecule has 2 rings (SSSR count). The third-order valence-electron chi connectivity index (χ3n) is 1.88. The first kappa shape index (κ1) is 8.97. The zero-order valence-electron chi connectivity index (χ0n) is 7.33. The van der Waals surface area contributed by atoms with Crippen molar-refractivity contribution >= 4 is 17.3 Å². The summed E-state index contributed by atoms with van der Waals surface area (Å²) in [7, 11) is 0. The maximum atomic E-state index is 6.01. The van der Waals surface area contributed by atoms with E-state index in [0.29, 0.717) is 16.4 Å². The van der Waals surface area contributed by atoms with Crippen LogP contribution in [0.4, 0.5) is 0 Å². The van der Waals surface area contributed by atoms with E-state index in [4.69, 9.17) is 22.2 Å². The van der Waals surface area contributed by atoms with Crippen molar-refractivity contribution in [3.05, 3.63) is 52.9 Å². The van der Waals surface area contributed by atoms with Gasteiger partial charge in [0.1, 0.15) is 6.26 Å². The molecule has 1 aliphatic heterocycles. The van der Waals surface area contributed by atoms with Gasteiger partial charge in [0.15, 0.2) is 0 Å². The fraction of sp³-hybridized carbons (Fsp3) is 0. The number of benzene rings is 1. The van der Waals surface area contributed by atoms with Crippen molar-refractivity contribution in [1.82, 2.24) is 5.48 Å². The fourth-order valence-electron chi connectivity index (χ4n) is 1.18. The summed E-state index contributed by atoms with van der Waals surface area (Å²) in [6, 6.07) is 9.62. The molecule has 72 valence electrons. The van der Waals surface area contributed by atoms with E-state index in [1.165, 1.54) is 6.26 Å². The van der Waals surface area contributed by atoms with E-state index >= 15 is 0 Å². The van der Waals surface area contributed by atoms with E-state index in [1.54, 1.807) is 0 Å². The zero-order valence-corrected chi connectivity index (χ0v) is 8.08. The molecule has 0 radical (unpaired) electrons. The smallest absolute Gasteiger partial charge is 0.143 e. The van der Waals surface area contributed by atoms with Crippen LogP contribution in [0.5, 0.6) is 0 Å². The molecule has 0 unspecified atom stereocenters. The Morgan fingerprint density at radius 1 is 1.21 bits per heavy atom. The van der Waals surface area contributed by atoms with E-state index in [0.717, 1.165) is 5.56 Å². The maximum Gasteiger partial charge on any atom is 0.143 e. The molecule has 3 N–H and O–H groups in total. The molecular weight excluding hydrogens is 200 g/mol. The van der Waals surface area contributed by atoms with Gasteiger partial charge in [0.25, 0.3) is 0 Å². The van der Waals surface area contributed by atoms with Crippen LogP contribution in [-0.4, -0.2) is 0 Å². The predicted octanol–water partition coefficient (Wildman–Crippen LogP) is 1.93. The van der Waals surface area contributed by atoms with Gasteiger partial charge in [-0.25, -0.2) is 5.48 Å². The van der Waals surface area contributed by atoms with Gasteiger partial charge < -0.3 is 10.6 Å². The van der Waals surface area contributed by atoms with Gasteiger partial charge in [0, 0.05) is 5.56 Å². The second kappa shape index (κ2) is 3.64. The third-order valence-corrected chi connectivity index (χ3v) is 2.29. The summed E-state index contributed by atoms with van der Waals surface area (Å²) in [5.74, 6) is 0. The molecule has 0 amide bonds. The van der Waals surface area contributed by atoms with Crippen LogP contribution in [0.15, 0.2) is 47.3 Å². The number of rotatable bonds is 1. The zero-order chi connectivity index (χ0) is 9.97. The van der Waals surface area contributed by atoms with Gasteiger partial charge in [-0.3, -0.25) is 0 Å². The highest BCUT2D eigenvalue weighted by Gasteiger charge is 2.13. The van der Waals surface area contributed by atoms with Gasteiger partial charge in [-0.05, 0) is 0 Å². The van der Waals surface area contributed by atoms with Gasteiger partial charge in [-0.15, -0.1) is 0 Å². The normalized spacial score (nSPS) is 15.6. The van der Waals surface area contributed by atoms with E-state index in [1.807, 2.05) is 30.3 Å². The van der Waals surface area contributed by atoms with Crippen LogP contribution in [0.3, 0.4) is 0 Å². The number of allylic oxidation sites excluding steroid dienone is 1. The quantitative estimate of drug-likeness (QED) is 0.742. The summed E-state index contributed by atoms with van der Waals surface area (Å²) in [5, 5.41) is 0.474. The average molecular weight is 209 g/mol. The molecule has 1 aromatic rings. The number of hydrogen-bond donors (Lipinski definition) is 2. The second-order valence-electron chi connectivity index (χ2n) is 2.85. The molecule has 0 saturated carbocycles. The van der Waals surface area contributed by atoms with E-state index in [9.17, 15) is 0 Å². The Balaban J connectivity index is 2.44. The van der Waals surface area contributed by atoms with Crippen LogP contribution in [0.1, 0.15) is 5.56 Å². The molecule has 0 bridgehead atoms. The van der Waals surface area contributed by atoms with Gasteiger partial charge in [0.05, 0.1) is 16.4 Å². The Morgan fingerprint density at radius 2 is 1.93 bits per heavy atom. The molecule has 4 heteroatoms. The van der Waals surface area contributed by atoms with Crippen molar-refractivity contribution in [2.45, 2.75) is 0 Å². The highest BCUT2D eigenvalue weighted by molar-refractivity contribution is 6.35. The lowest BCUT2D eigenvalue weighted by atomic mass is 10.1. The lowest BCUT2D eigenvalue weighted by molar-refractivity contribution is 0.178. The largest absolute Gasteiger partial charge is 0.395 e. The van der Waals surface area contributed by atoms with E-state index in [2.05, 4.69) is 5.48 Å². The van der Waals surface area contributed by atoms with Crippen LogP contribution in [-0.2, 0) is 4.84 Å².